The first-order valence-electron chi connectivity index (χ1n) is 4.63. The van der Waals surface area contributed by atoms with Crippen LogP contribution in [0.25, 0.3) is 0 Å². The largest absolute Gasteiger partial charge is 0.395 e. The lowest BCUT2D eigenvalue weighted by atomic mass is 10.0. The monoisotopic (exact) mass is 207 g/mol. The summed E-state index contributed by atoms with van der Waals surface area (Å²) in [5, 5.41) is 9.06. The van der Waals surface area contributed by atoms with Crippen LogP contribution >= 0.6 is 0 Å². The standard InChI is InChI=1S/C8H17NO3S/c1-3-13(11,12)9-5-4-7(2)8(9)6-10/h7-8,10H,3-6H2,1-2H3. The maximum atomic E-state index is 11.5. The van der Waals surface area contributed by atoms with Gasteiger partial charge < -0.3 is 5.11 Å². The fourth-order valence-electron chi connectivity index (χ4n) is 1.76. The molecule has 0 aromatic rings. The van der Waals surface area contributed by atoms with Crippen LogP contribution in [0.2, 0.25) is 0 Å². The van der Waals surface area contributed by atoms with Crippen molar-refractivity contribution in [2.45, 2.75) is 26.3 Å². The molecule has 1 heterocycles. The quantitative estimate of drug-likeness (QED) is 0.711. The number of rotatable bonds is 3. The summed E-state index contributed by atoms with van der Waals surface area (Å²) in [7, 11) is -3.12. The van der Waals surface area contributed by atoms with Gasteiger partial charge in [0.05, 0.1) is 18.4 Å². The van der Waals surface area contributed by atoms with Gasteiger partial charge >= 0.3 is 0 Å². The third kappa shape index (κ3) is 2.03. The Balaban J connectivity index is 2.82. The summed E-state index contributed by atoms with van der Waals surface area (Å²) in [5.41, 5.74) is 0. The van der Waals surface area contributed by atoms with Crippen LogP contribution in [0, 0.1) is 5.92 Å². The molecule has 2 unspecified atom stereocenters. The molecular weight excluding hydrogens is 190 g/mol. The van der Waals surface area contributed by atoms with E-state index in [1.54, 1.807) is 6.92 Å². The van der Waals surface area contributed by atoms with Gasteiger partial charge in [-0.25, -0.2) is 8.42 Å². The molecular formula is C8H17NO3S. The Bertz CT molecular complexity index is 263. The van der Waals surface area contributed by atoms with Crippen LogP contribution in [0.4, 0.5) is 0 Å². The molecule has 1 aliphatic rings. The molecule has 13 heavy (non-hydrogen) atoms. The molecule has 2 atom stereocenters. The Morgan fingerprint density at radius 3 is 2.62 bits per heavy atom. The Morgan fingerprint density at radius 1 is 1.54 bits per heavy atom. The molecule has 1 saturated heterocycles. The van der Waals surface area contributed by atoms with Gasteiger partial charge in [-0.15, -0.1) is 0 Å². The van der Waals surface area contributed by atoms with Gasteiger partial charge in [0.25, 0.3) is 0 Å². The maximum absolute atomic E-state index is 11.5. The van der Waals surface area contributed by atoms with Gasteiger partial charge in [-0.1, -0.05) is 6.92 Å². The number of aliphatic hydroxyl groups is 1. The average Bonchev–Trinajstić information content (AvgIpc) is 2.47. The Kier molecular flexibility index (Phi) is 3.32. The Labute approximate surface area is 79.6 Å². The second-order valence-electron chi connectivity index (χ2n) is 3.53. The van der Waals surface area contributed by atoms with E-state index in [0.717, 1.165) is 6.42 Å². The zero-order chi connectivity index (χ0) is 10.1. The molecule has 5 heteroatoms. The highest BCUT2D eigenvalue weighted by Crippen LogP contribution is 2.26. The smallest absolute Gasteiger partial charge is 0.214 e. The lowest BCUT2D eigenvalue weighted by molar-refractivity contribution is 0.191. The summed E-state index contributed by atoms with van der Waals surface area (Å²) in [6, 6.07) is -0.204. The molecule has 4 nitrogen and oxygen atoms in total. The van der Waals surface area contributed by atoms with Crippen LogP contribution in [-0.2, 0) is 10.0 Å². The Morgan fingerprint density at radius 2 is 2.15 bits per heavy atom. The fourth-order valence-corrected chi connectivity index (χ4v) is 3.16. The van der Waals surface area contributed by atoms with Crippen LogP contribution in [0.1, 0.15) is 20.3 Å². The van der Waals surface area contributed by atoms with E-state index in [1.807, 2.05) is 6.92 Å². The van der Waals surface area contributed by atoms with Crippen molar-refractivity contribution in [2.75, 3.05) is 18.9 Å². The predicted molar refractivity (Wildman–Crippen MR) is 50.8 cm³/mol. The second-order valence-corrected chi connectivity index (χ2v) is 5.74. The molecule has 1 rings (SSSR count). The molecule has 0 radical (unpaired) electrons. The third-order valence-corrected chi connectivity index (χ3v) is 4.64. The summed E-state index contributed by atoms with van der Waals surface area (Å²) >= 11 is 0. The summed E-state index contributed by atoms with van der Waals surface area (Å²) < 4.78 is 24.5. The van der Waals surface area contributed by atoms with Crippen molar-refractivity contribution >= 4 is 10.0 Å². The van der Waals surface area contributed by atoms with Gasteiger partial charge in [0.1, 0.15) is 0 Å². The van der Waals surface area contributed by atoms with Crippen LogP contribution in [-0.4, -0.2) is 42.8 Å². The first-order chi connectivity index (χ1) is 6.03. The zero-order valence-electron chi connectivity index (χ0n) is 8.10. The van der Waals surface area contributed by atoms with E-state index in [2.05, 4.69) is 0 Å². The first-order valence-corrected chi connectivity index (χ1v) is 6.24. The molecule has 1 aliphatic heterocycles. The van der Waals surface area contributed by atoms with E-state index in [-0.39, 0.29) is 24.3 Å². The van der Waals surface area contributed by atoms with Crippen LogP contribution in [0.15, 0.2) is 0 Å². The summed E-state index contributed by atoms with van der Waals surface area (Å²) in [4.78, 5) is 0. The maximum Gasteiger partial charge on any atom is 0.214 e. The normalized spacial score (nSPS) is 31.0. The lowest BCUT2D eigenvalue weighted by Crippen LogP contribution is -2.40. The lowest BCUT2D eigenvalue weighted by Gasteiger charge is -2.23. The summed E-state index contributed by atoms with van der Waals surface area (Å²) in [5.74, 6) is 0.391. The number of aliphatic hydroxyl groups excluding tert-OH is 1. The summed E-state index contributed by atoms with van der Waals surface area (Å²) in [6.07, 6.45) is 0.852. The minimum atomic E-state index is -3.12. The number of nitrogens with zero attached hydrogens (tertiary/aromatic N) is 1. The van der Waals surface area contributed by atoms with E-state index in [9.17, 15) is 8.42 Å². The van der Waals surface area contributed by atoms with Gasteiger partial charge in [0.15, 0.2) is 0 Å². The summed E-state index contributed by atoms with van der Waals surface area (Å²) in [6.45, 7) is 4.10. The molecule has 0 aromatic carbocycles. The molecule has 0 aromatic heterocycles. The highest BCUT2D eigenvalue weighted by molar-refractivity contribution is 7.89. The van der Waals surface area contributed by atoms with Crippen LogP contribution < -0.4 is 0 Å². The molecule has 0 saturated carbocycles. The minimum absolute atomic E-state index is 0.0691. The van der Waals surface area contributed by atoms with E-state index in [1.165, 1.54) is 4.31 Å². The Hall–Kier alpha value is -0.130. The molecule has 1 fully saturated rings. The van der Waals surface area contributed by atoms with Gasteiger partial charge in [-0.05, 0) is 19.3 Å². The van der Waals surface area contributed by atoms with Crippen LogP contribution in [0.3, 0.4) is 0 Å². The highest BCUT2D eigenvalue weighted by Gasteiger charge is 2.37. The van der Waals surface area contributed by atoms with E-state index >= 15 is 0 Å². The minimum Gasteiger partial charge on any atom is -0.395 e. The van der Waals surface area contributed by atoms with Crippen molar-refractivity contribution in [1.82, 2.24) is 4.31 Å². The van der Waals surface area contributed by atoms with Gasteiger partial charge in [0, 0.05) is 6.54 Å². The zero-order valence-corrected chi connectivity index (χ0v) is 8.92. The second kappa shape index (κ2) is 3.94. The number of hydrogen-bond donors (Lipinski definition) is 1. The molecule has 1 N–H and O–H groups in total. The van der Waals surface area contributed by atoms with Crippen LogP contribution in [0.5, 0.6) is 0 Å². The van der Waals surface area contributed by atoms with Crippen molar-refractivity contribution < 1.29 is 13.5 Å². The van der Waals surface area contributed by atoms with Crippen molar-refractivity contribution in [3.8, 4) is 0 Å². The van der Waals surface area contributed by atoms with Crippen molar-refractivity contribution in [3.63, 3.8) is 0 Å². The van der Waals surface area contributed by atoms with Crippen molar-refractivity contribution in [2.24, 2.45) is 5.92 Å². The molecule has 0 bridgehead atoms. The third-order valence-electron chi connectivity index (χ3n) is 2.74. The van der Waals surface area contributed by atoms with Crippen molar-refractivity contribution in [3.05, 3.63) is 0 Å². The molecule has 78 valence electrons. The van der Waals surface area contributed by atoms with Gasteiger partial charge in [-0.3, -0.25) is 0 Å². The van der Waals surface area contributed by atoms with E-state index in [0.29, 0.717) is 6.54 Å². The van der Waals surface area contributed by atoms with Gasteiger partial charge in [-0.2, -0.15) is 4.31 Å². The van der Waals surface area contributed by atoms with E-state index in [4.69, 9.17) is 5.11 Å². The topological polar surface area (TPSA) is 57.6 Å². The SMILES string of the molecule is CCS(=O)(=O)N1CCC(C)C1CO. The average molecular weight is 207 g/mol. The molecule has 0 aliphatic carbocycles. The van der Waals surface area contributed by atoms with Crippen molar-refractivity contribution in [1.29, 1.82) is 0 Å². The first kappa shape index (κ1) is 10.9. The molecule has 0 amide bonds. The predicted octanol–water partition coefficient (Wildman–Crippen LogP) is 0.0388. The van der Waals surface area contributed by atoms with E-state index < -0.39 is 10.0 Å². The van der Waals surface area contributed by atoms with Gasteiger partial charge in [0.2, 0.25) is 10.0 Å². The number of hydrogen-bond acceptors (Lipinski definition) is 3. The number of sulfonamides is 1. The highest BCUT2D eigenvalue weighted by atomic mass is 32.2. The molecule has 0 spiro atoms. The fraction of sp³-hybridized carbons (Fsp3) is 1.00.